The number of amides is 1. The summed E-state index contributed by atoms with van der Waals surface area (Å²) in [7, 11) is 0. The lowest BCUT2D eigenvalue weighted by Gasteiger charge is -2.21. The van der Waals surface area contributed by atoms with Gasteiger partial charge in [0.25, 0.3) is 0 Å². The molecular weight excluding hydrogens is 340 g/mol. The summed E-state index contributed by atoms with van der Waals surface area (Å²) >= 11 is 0. The van der Waals surface area contributed by atoms with Crippen LogP contribution in [0, 0.1) is 5.92 Å². The lowest BCUT2D eigenvalue weighted by atomic mass is 10.1. The summed E-state index contributed by atoms with van der Waals surface area (Å²) in [6, 6.07) is 8.46. The molecule has 0 spiro atoms. The molecule has 25 heavy (non-hydrogen) atoms. The molecule has 0 fully saturated rings. The average Bonchev–Trinajstić information content (AvgIpc) is 2.57. The third kappa shape index (κ3) is 8.89. The number of nitrogens with one attached hydrogen (secondary N) is 1. The maximum absolute atomic E-state index is 12.4. The van der Waals surface area contributed by atoms with Crippen molar-refractivity contribution in [3.05, 3.63) is 35.9 Å². The molecule has 1 atom stereocenters. The molecular formula is C19H31ClN2O3. The van der Waals surface area contributed by atoms with Gasteiger partial charge in [0, 0.05) is 0 Å². The zero-order valence-electron chi connectivity index (χ0n) is 15.7. The van der Waals surface area contributed by atoms with Crippen LogP contribution in [0.4, 0.5) is 0 Å². The van der Waals surface area contributed by atoms with E-state index in [0.29, 0.717) is 12.5 Å². The van der Waals surface area contributed by atoms with E-state index in [0.717, 1.165) is 25.1 Å². The van der Waals surface area contributed by atoms with E-state index in [1.54, 1.807) is 0 Å². The molecule has 1 N–H and O–H groups in total. The second-order valence-corrected chi connectivity index (χ2v) is 6.22. The van der Waals surface area contributed by atoms with E-state index < -0.39 is 12.0 Å². The highest BCUT2D eigenvalue weighted by Crippen LogP contribution is 2.15. The standard InChI is InChI=1S/C19H30N2O3.ClH/c1-5-21(6-2)14-17(22)20-18(16-10-8-7-9-11-16)19(23)24-13-12-15(3)4;/h7-11,15,18H,5-6,12-14H2,1-4H3,(H,20,22);1H/t18-;/m0./s1. The van der Waals surface area contributed by atoms with E-state index >= 15 is 0 Å². The molecule has 1 aromatic rings. The number of rotatable bonds is 10. The van der Waals surface area contributed by atoms with E-state index in [2.05, 4.69) is 19.2 Å². The zero-order valence-corrected chi connectivity index (χ0v) is 16.5. The van der Waals surface area contributed by atoms with Crippen molar-refractivity contribution >= 4 is 24.3 Å². The number of likely N-dealkylation sites (N-methyl/N-ethyl adjacent to an activating group) is 1. The van der Waals surface area contributed by atoms with Crippen molar-refractivity contribution in [3.63, 3.8) is 0 Å². The number of hydrogen-bond donors (Lipinski definition) is 1. The molecule has 1 amide bonds. The average molecular weight is 371 g/mol. The van der Waals surface area contributed by atoms with Gasteiger partial charge in [0.1, 0.15) is 0 Å². The molecule has 5 nitrogen and oxygen atoms in total. The van der Waals surface area contributed by atoms with E-state index in [4.69, 9.17) is 4.74 Å². The Bertz CT molecular complexity index is 505. The van der Waals surface area contributed by atoms with Crippen LogP contribution in [0.1, 0.15) is 45.7 Å². The summed E-state index contributed by atoms with van der Waals surface area (Å²) in [5, 5.41) is 2.82. The van der Waals surface area contributed by atoms with Crippen molar-refractivity contribution in [2.75, 3.05) is 26.2 Å². The first-order valence-corrected chi connectivity index (χ1v) is 8.71. The molecule has 0 heterocycles. The van der Waals surface area contributed by atoms with E-state index in [1.165, 1.54) is 0 Å². The van der Waals surface area contributed by atoms with E-state index in [-0.39, 0.29) is 24.9 Å². The van der Waals surface area contributed by atoms with Gasteiger partial charge < -0.3 is 10.1 Å². The van der Waals surface area contributed by atoms with Gasteiger partial charge in [0.05, 0.1) is 13.2 Å². The molecule has 0 unspecified atom stereocenters. The number of nitrogens with zero attached hydrogens (tertiary/aromatic N) is 1. The molecule has 1 aromatic carbocycles. The Morgan fingerprint density at radius 2 is 1.72 bits per heavy atom. The minimum atomic E-state index is -0.763. The van der Waals surface area contributed by atoms with Gasteiger partial charge in [-0.15, -0.1) is 12.4 Å². The van der Waals surface area contributed by atoms with Crippen LogP contribution in [0.2, 0.25) is 0 Å². The maximum atomic E-state index is 12.4. The van der Waals surface area contributed by atoms with Crippen LogP contribution in [0.5, 0.6) is 0 Å². The van der Waals surface area contributed by atoms with Gasteiger partial charge >= 0.3 is 5.97 Å². The highest BCUT2D eigenvalue weighted by molar-refractivity contribution is 5.86. The van der Waals surface area contributed by atoms with Gasteiger partial charge in [0.2, 0.25) is 5.91 Å². The van der Waals surface area contributed by atoms with Crippen LogP contribution in [0.3, 0.4) is 0 Å². The number of halogens is 1. The quantitative estimate of drug-likeness (QED) is 0.642. The lowest BCUT2D eigenvalue weighted by Crippen LogP contribution is -2.41. The Kier molecular flexibility index (Phi) is 11.9. The first-order valence-electron chi connectivity index (χ1n) is 8.71. The van der Waals surface area contributed by atoms with Crippen molar-refractivity contribution in [2.24, 2.45) is 5.92 Å². The largest absolute Gasteiger partial charge is 0.464 e. The van der Waals surface area contributed by atoms with Crippen molar-refractivity contribution < 1.29 is 14.3 Å². The molecule has 0 saturated carbocycles. The Morgan fingerprint density at radius 3 is 2.24 bits per heavy atom. The minimum absolute atomic E-state index is 0. The molecule has 0 bridgehead atoms. The van der Waals surface area contributed by atoms with Crippen molar-refractivity contribution in [1.82, 2.24) is 10.2 Å². The number of hydrogen-bond acceptors (Lipinski definition) is 4. The van der Waals surface area contributed by atoms with Crippen molar-refractivity contribution in [2.45, 2.75) is 40.2 Å². The molecule has 142 valence electrons. The highest BCUT2D eigenvalue weighted by atomic mass is 35.5. The van der Waals surface area contributed by atoms with Crippen LogP contribution in [0.15, 0.2) is 30.3 Å². The fraction of sp³-hybridized carbons (Fsp3) is 0.579. The summed E-state index contributed by atoms with van der Waals surface area (Å²) in [5.41, 5.74) is 0.736. The van der Waals surface area contributed by atoms with Crippen LogP contribution < -0.4 is 5.32 Å². The fourth-order valence-electron chi connectivity index (χ4n) is 2.26. The van der Waals surface area contributed by atoms with Crippen molar-refractivity contribution in [1.29, 1.82) is 0 Å². The molecule has 0 saturated heterocycles. The third-order valence-electron chi connectivity index (χ3n) is 3.88. The Balaban J connectivity index is 0.00000576. The maximum Gasteiger partial charge on any atom is 0.333 e. The predicted octanol–water partition coefficient (Wildman–Crippen LogP) is 3.20. The smallest absolute Gasteiger partial charge is 0.333 e. The summed E-state index contributed by atoms with van der Waals surface area (Å²) in [6.45, 7) is 10.4. The summed E-state index contributed by atoms with van der Waals surface area (Å²) in [6.07, 6.45) is 0.806. The second-order valence-electron chi connectivity index (χ2n) is 6.22. The number of benzene rings is 1. The van der Waals surface area contributed by atoms with Gasteiger partial charge in [0.15, 0.2) is 6.04 Å². The number of esters is 1. The summed E-state index contributed by atoms with van der Waals surface area (Å²) in [5.74, 6) is -0.117. The molecule has 0 aliphatic carbocycles. The normalized spacial score (nSPS) is 11.8. The molecule has 0 aliphatic heterocycles. The van der Waals surface area contributed by atoms with Gasteiger partial charge in [-0.25, -0.2) is 4.79 Å². The number of carbonyl (C=O) groups is 2. The first-order chi connectivity index (χ1) is 11.5. The van der Waals surface area contributed by atoms with Crippen molar-refractivity contribution in [3.8, 4) is 0 Å². The first kappa shape index (κ1) is 23.4. The highest BCUT2D eigenvalue weighted by Gasteiger charge is 2.24. The summed E-state index contributed by atoms with van der Waals surface area (Å²) < 4.78 is 5.36. The van der Waals surface area contributed by atoms with Gasteiger partial charge in [-0.3, -0.25) is 9.69 Å². The lowest BCUT2D eigenvalue weighted by molar-refractivity contribution is -0.148. The van der Waals surface area contributed by atoms with Crippen LogP contribution in [-0.2, 0) is 14.3 Å². The Morgan fingerprint density at radius 1 is 1.12 bits per heavy atom. The molecule has 1 rings (SSSR count). The second kappa shape index (κ2) is 12.7. The minimum Gasteiger partial charge on any atom is -0.464 e. The molecule has 6 heteroatoms. The topological polar surface area (TPSA) is 58.6 Å². The Hall–Kier alpha value is -1.59. The van der Waals surface area contributed by atoms with Gasteiger partial charge in [-0.2, -0.15) is 0 Å². The summed E-state index contributed by atoms with van der Waals surface area (Å²) in [4.78, 5) is 26.7. The monoisotopic (exact) mass is 370 g/mol. The van der Waals surface area contributed by atoms with Gasteiger partial charge in [-0.1, -0.05) is 58.0 Å². The molecule has 0 aliphatic rings. The Labute approximate surface area is 157 Å². The number of carbonyl (C=O) groups excluding carboxylic acids is 2. The van der Waals surface area contributed by atoms with Gasteiger partial charge in [-0.05, 0) is 31.0 Å². The third-order valence-corrected chi connectivity index (χ3v) is 3.88. The number of ether oxygens (including phenoxy) is 1. The van der Waals surface area contributed by atoms with Crippen LogP contribution in [-0.4, -0.2) is 43.0 Å². The van der Waals surface area contributed by atoms with E-state index in [1.807, 2.05) is 49.1 Å². The van der Waals surface area contributed by atoms with Crippen LogP contribution >= 0.6 is 12.4 Å². The molecule has 0 aromatic heterocycles. The predicted molar refractivity (Wildman–Crippen MR) is 103 cm³/mol. The zero-order chi connectivity index (χ0) is 17.9. The SMILES string of the molecule is CCN(CC)CC(=O)N[C@H](C(=O)OCCC(C)C)c1ccccc1.Cl. The molecule has 0 radical (unpaired) electrons. The fourth-order valence-corrected chi connectivity index (χ4v) is 2.26. The van der Waals surface area contributed by atoms with Crippen LogP contribution in [0.25, 0.3) is 0 Å². The van der Waals surface area contributed by atoms with E-state index in [9.17, 15) is 9.59 Å².